The largest absolute Gasteiger partial charge is 0.497 e. The summed E-state index contributed by atoms with van der Waals surface area (Å²) in [6.45, 7) is 7.42. The number of rotatable bonds is 10. The van der Waals surface area contributed by atoms with E-state index in [1.165, 1.54) is 0 Å². The lowest BCUT2D eigenvalue weighted by Crippen LogP contribution is -2.39. The Morgan fingerprint density at radius 2 is 1.76 bits per heavy atom. The number of hydrogen-bond donors (Lipinski definition) is 1. The lowest BCUT2D eigenvalue weighted by molar-refractivity contribution is -0.142. The molecule has 0 saturated carbocycles. The molecule has 1 N–H and O–H groups in total. The predicted molar refractivity (Wildman–Crippen MR) is 143 cm³/mol. The number of carboxylic acid groups (broad SMARTS) is 1. The van der Waals surface area contributed by atoms with Crippen molar-refractivity contribution >= 4 is 5.97 Å². The van der Waals surface area contributed by atoms with E-state index in [2.05, 4.69) is 20.8 Å². The molecule has 1 aliphatic carbocycles. The van der Waals surface area contributed by atoms with E-state index in [4.69, 9.17) is 23.7 Å². The van der Waals surface area contributed by atoms with Crippen LogP contribution in [0, 0.1) is 11.8 Å². The molecule has 2 unspecified atom stereocenters. The summed E-state index contributed by atoms with van der Waals surface area (Å²) in [6, 6.07) is 17.3. The number of hydrogen-bond acceptors (Lipinski definition) is 6. The van der Waals surface area contributed by atoms with Crippen molar-refractivity contribution in [2.75, 3.05) is 27.1 Å². The highest BCUT2D eigenvalue weighted by atomic mass is 16.7. The van der Waals surface area contributed by atoms with E-state index in [9.17, 15) is 9.90 Å². The molecule has 2 aliphatic rings. The van der Waals surface area contributed by atoms with Gasteiger partial charge in [0.2, 0.25) is 6.79 Å². The van der Waals surface area contributed by atoms with Crippen LogP contribution in [0.4, 0.5) is 0 Å². The van der Waals surface area contributed by atoms with Gasteiger partial charge in [-0.25, -0.2) is 0 Å². The van der Waals surface area contributed by atoms with Crippen LogP contribution in [-0.2, 0) is 16.6 Å². The van der Waals surface area contributed by atoms with E-state index >= 15 is 0 Å². The maximum atomic E-state index is 13.1. The molecule has 2 atom stereocenters. The monoisotopic (exact) mass is 518 g/mol. The van der Waals surface area contributed by atoms with Gasteiger partial charge in [0.25, 0.3) is 0 Å². The van der Waals surface area contributed by atoms with E-state index in [0.717, 1.165) is 34.4 Å². The summed E-state index contributed by atoms with van der Waals surface area (Å²) in [4.78, 5) is 13.1. The highest BCUT2D eigenvalue weighted by molar-refractivity contribution is 5.80. The lowest BCUT2D eigenvalue weighted by atomic mass is 9.64. The number of fused-ring (bicyclic) bond motifs is 2. The Balaban J connectivity index is 1.80. The second-order valence-corrected chi connectivity index (χ2v) is 10.2. The van der Waals surface area contributed by atoms with Gasteiger partial charge in [-0.2, -0.15) is 0 Å². The molecule has 3 aromatic rings. The minimum absolute atomic E-state index is 0.133. The number of carboxylic acids is 1. The van der Waals surface area contributed by atoms with Gasteiger partial charge in [-0.1, -0.05) is 39.0 Å². The average molecular weight is 519 g/mol. The first-order valence-corrected chi connectivity index (χ1v) is 13.1. The molecule has 0 fully saturated rings. The first kappa shape index (κ1) is 25.8. The molecule has 1 heterocycles. The van der Waals surface area contributed by atoms with Crippen LogP contribution in [0.5, 0.6) is 28.7 Å². The van der Waals surface area contributed by atoms with Crippen LogP contribution in [-0.4, -0.2) is 38.2 Å². The van der Waals surface area contributed by atoms with Gasteiger partial charge in [0.15, 0.2) is 11.5 Å². The Hall–Kier alpha value is -3.87. The first-order chi connectivity index (χ1) is 18.4. The van der Waals surface area contributed by atoms with Crippen LogP contribution in [0.15, 0.2) is 54.6 Å². The molecule has 0 saturated heterocycles. The summed E-state index contributed by atoms with van der Waals surface area (Å²) in [6.07, 6.45) is 1.23. The molecule has 0 amide bonds. The molecule has 0 spiro atoms. The zero-order chi connectivity index (χ0) is 26.9. The molecule has 0 bridgehead atoms. The standard InChI is InChI=1S/C31H34O7/c1-5-12-35-23-8-9-24-20(13-23)14-26(30(32)33)31(24,21-6-11-27-29(15-21)38-18-37-27)25-10-7-22(34-4)16-28(25)36-17-19(2)3/h6-11,13,15-16,19,26H,5,12,14,17-18H2,1-4H3,(H,32,33). The Morgan fingerprint density at radius 1 is 1.00 bits per heavy atom. The second-order valence-electron chi connectivity index (χ2n) is 10.2. The SMILES string of the molecule is CCCOc1ccc2c(c1)CC(C(=O)O)C2(c1ccc2c(c1)OCO2)c1ccc(OC)cc1OCC(C)C. The molecule has 5 rings (SSSR count). The third-order valence-corrected chi connectivity index (χ3v) is 7.23. The highest BCUT2D eigenvalue weighted by Gasteiger charge is 2.54. The number of ether oxygens (including phenoxy) is 5. The van der Waals surface area contributed by atoms with Crippen LogP contribution in [0.3, 0.4) is 0 Å². The molecule has 0 aromatic heterocycles. The topological polar surface area (TPSA) is 83.5 Å². The van der Waals surface area contributed by atoms with Crippen molar-refractivity contribution in [1.29, 1.82) is 0 Å². The highest BCUT2D eigenvalue weighted by Crippen LogP contribution is 2.57. The van der Waals surface area contributed by atoms with E-state index in [0.29, 0.717) is 42.6 Å². The summed E-state index contributed by atoms with van der Waals surface area (Å²) >= 11 is 0. The number of carbonyl (C=O) groups is 1. The van der Waals surface area contributed by atoms with Gasteiger partial charge in [0, 0.05) is 11.6 Å². The van der Waals surface area contributed by atoms with Crippen molar-refractivity contribution in [1.82, 2.24) is 0 Å². The Bertz CT molecular complexity index is 1330. The zero-order valence-electron chi connectivity index (χ0n) is 22.3. The van der Waals surface area contributed by atoms with Gasteiger partial charge in [-0.15, -0.1) is 0 Å². The Morgan fingerprint density at radius 3 is 2.50 bits per heavy atom. The van der Waals surface area contributed by atoms with Gasteiger partial charge in [0.1, 0.15) is 17.2 Å². The van der Waals surface area contributed by atoms with Crippen LogP contribution in [0.2, 0.25) is 0 Å². The minimum atomic E-state index is -1.05. The molecule has 0 radical (unpaired) electrons. The van der Waals surface area contributed by atoms with Crippen molar-refractivity contribution < 1.29 is 33.6 Å². The predicted octanol–water partition coefficient (Wildman–Crippen LogP) is 5.84. The van der Waals surface area contributed by atoms with Crippen molar-refractivity contribution in [2.45, 2.75) is 39.0 Å². The quantitative estimate of drug-likeness (QED) is 0.361. The summed E-state index contributed by atoms with van der Waals surface area (Å²) < 4.78 is 29.1. The van der Waals surface area contributed by atoms with E-state index in [-0.39, 0.29) is 12.7 Å². The normalized spacial score (nSPS) is 19.3. The molecule has 7 nitrogen and oxygen atoms in total. The van der Waals surface area contributed by atoms with Gasteiger partial charge in [-0.05, 0) is 65.8 Å². The maximum absolute atomic E-state index is 13.1. The zero-order valence-corrected chi connectivity index (χ0v) is 22.3. The van der Waals surface area contributed by atoms with Crippen molar-refractivity contribution in [3.05, 3.63) is 76.9 Å². The van der Waals surface area contributed by atoms with Crippen molar-refractivity contribution in [3.8, 4) is 28.7 Å². The summed E-state index contributed by atoms with van der Waals surface area (Å²) in [5, 5.41) is 10.7. The number of aliphatic carboxylic acids is 1. The van der Waals surface area contributed by atoms with Gasteiger partial charge in [-0.3, -0.25) is 4.79 Å². The third-order valence-electron chi connectivity index (χ3n) is 7.23. The third kappa shape index (κ3) is 4.40. The maximum Gasteiger partial charge on any atom is 0.308 e. The van der Waals surface area contributed by atoms with Crippen LogP contribution in [0.1, 0.15) is 49.4 Å². The number of benzene rings is 3. The van der Waals surface area contributed by atoms with Crippen molar-refractivity contribution in [2.24, 2.45) is 11.8 Å². The Kier molecular flexibility index (Phi) is 7.11. The fraction of sp³-hybridized carbons (Fsp3) is 0.387. The smallest absolute Gasteiger partial charge is 0.308 e. The summed E-state index contributed by atoms with van der Waals surface area (Å²) in [5.41, 5.74) is 2.37. The summed E-state index contributed by atoms with van der Waals surface area (Å²) in [7, 11) is 1.61. The molecule has 38 heavy (non-hydrogen) atoms. The van der Waals surface area contributed by atoms with Crippen LogP contribution < -0.4 is 23.7 Å². The van der Waals surface area contributed by atoms with Gasteiger partial charge in [0.05, 0.1) is 31.7 Å². The molecule has 3 aromatic carbocycles. The van der Waals surface area contributed by atoms with Crippen molar-refractivity contribution in [3.63, 3.8) is 0 Å². The molecular weight excluding hydrogens is 484 g/mol. The van der Waals surface area contributed by atoms with E-state index in [1.54, 1.807) is 7.11 Å². The fourth-order valence-corrected chi connectivity index (χ4v) is 5.58. The van der Waals surface area contributed by atoms with Crippen LogP contribution >= 0.6 is 0 Å². The first-order valence-electron chi connectivity index (χ1n) is 13.1. The average Bonchev–Trinajstić information content (AvgIpc) is 3.53. The van der Waals surface area contributed by atoms with Gasteiger partial charge >= 0.3 is 5.97 Å². The molecule has 7 heteroatoms. The minimum Gasteiger partial charge on any atom is -0.497 e. The van der Waals surface area contributed by atoms with Gasteiger partial charge < -0.3 is 28.8 Å². The molecular formula is C31H34O7. The molecule has 200 valence electrons. The van der Waals surface area contributed by atoms with E-state index < -0.39 is 17.3 Å². The lowest BCUT2D eigenvalue weighted by Gasteiger charge is -2.37. The van der Waals surface area contributed by atoms with Crippen LogP contribution in [0.25, 0.3) is 0 Å². The second kappa shape index (κ2) is 10.5. The number of methoxy groups -OCH3 is 1. The van der Waals surface area contributed by atoms with E-state index in [1.807, 2.05) is 54.6 Å². The summed E-state index contributed by atoms with van der Waals surface area (Å²) in [5.74, 6) is 1.81. The fourth-order valence-electron chi connectivity index (χ4n) is 5.58. The Labute approximate surface area is 223 Å². The molecule has 1 aliphatic heterocycles.